The quantitative estimate of drug-likeness (QED) is 0.359. The summed E-state index contributed by atoms with van der Waals surface area (Å²) < 4.78 is 33.4. The number of amides is 1. The number of aliphatic hydroxyl groups is 1. The van der Waals surface area contributed by atoms with E-state index in [9.17, 15) is 23.5 Å². The number of anilines is 1. The summed E-state index contributed by atoms with van der Waals surface area (Å²) in [6.45, 7) is 1.77. The summed E-state index contributed by atoms with van der Waals surface area (Å²) in [7, 11) is 1.51. The number of carbonyl (C=O) groups is 2. The molecule has 4 rings (SSSR count). The Morgan fingerprint density at radius 2 is 1.72 bits per heavy atom. The Bertz CT molecular complexity index is 1250. The number of hydrogen-bond acceptors (Lipinski definition) is 4. The third-order valence-electron chi connectivity index (χ3n) is 5.40. The molecular formula is C25H19F2NO4. The molecule has 0 saturated carbocycles. The molecule has 1 atom stereocenters. The fourth-order valence-electron chi connectivity index (χ4n) is 3.89. The smallest absolute Gasteiger partial charge is 0.300 e. The lowest BCUT2D eigenvalue weighted by Crippen LogP contribution is -2.30. The molecule has 1 fully saturated rings. The summed E-state index contributed by atoms with van der Waals surface area (Å²) in [6, 6.07) is 15.0. The van der Waals surface area contributed by atoms with E-state index in [0.29, 0.717) is 28.5 Å². The molecule has 1 N–H and O–H groups in total. The van der Waals surface area contributed by atoms with Crippen molar-refractivity contribution in [1.82, 2.24) is 0 Å². The molecule has 1 aliphatic rings. The van der Waals surface area contributed by atoms with E-state index in [2.05, 4.69) is 0 Å². The maximum atomic E-state index is 14.6. The molecule has 1 amide bonds. The van der Waals surface area contributed by atoms with E-state index < -0.39 is 35.1 Å². The molecule has 5 nitrogen and oxygen atoms in total. The molecule has 7 heteroatoms. The number of aryl methyl sites for hydroxylation is 1. The number of aliphatic hydroxyl groups excluding tert-OH is 1. The third-order valence-corrected chi connectivity index (χ3v) is 5.40. The molecule has 1 aliphatic heterocycles. The van der Waals surface area contributed by atoms with E-state index in [1.807, 2.05) is 0 Å². The van der Waals surface area contributed by atoms with Crippen molar-refractivity contribution in [1.29, 1.82) is 0 Å². The summed E-state index contributed by atoms with van der Waals surface area (Å²) in [6.07, 6.45) is 0. The minimum absolute atomic E-state index is 0.186. The summed E-state index contributed by atoms with van der Waals surface area (Å²) in [4.78, 5) is 27.0. The Labute approximate surface area is 183 Å². The lowest BCUT2D eigenvalue weighted by molar-refractivity contribution is -0.132. The number of rotatable bonds is 4. The maximum absolute atomic E-state index is 14.6. The van der Waals surface area contributed by atoms with Gasteiger partial charge in [0.25, 0.3) is 11.7 Å². The number of Topliss-reactive ketones (excluding diaryl/α,β-unsaturated/α-hetero) is 1. The van der Waals surface area contributed by atoms with E-state index in [-0.39, 0.29) is 11.3 Å². The number of methoxy groups -OCH3 is 1. The second kappa shape index (κ2) is 8.26. The van der Waals surface area contributed by atoms with Crippen molar-refractivity contribution < 1.29 is 28.2 Å². The number of ketones is 1. The highest BCUT2D eigenvalue weighted by atomic mass is 19.1. The standard InChI is InChI=1S/C25H19F2NO4/c1-14-12-16(8-11-20(14)32-2)23(29)21-22(15-6-4-3-5-7-15)28(25(31)24(21)30)19-10-9-17(26)13-18(19)27/h3-13,22,29H,1-2H3/b23-21+. The minimum Gasteiger partial charge on any atom is -0.507 e. The Balaban J connectivity index is 1.95. The van der Waals surface area contributed by atoms with E-state index in [4.69, 9.17) is 4.74 Å². The zero-order chi connectivity index (χ0) is 23.0. The lowest BCUT2D eigenvalue weighted by atomic mass is 9.94. The number of ether oxygens (including phenoxy) is 1. The van der Waals surface area contributed by atoms with Gasteiger partial charge in [0.15, 0.2) is 0 Å². The van der Waals surface area contributed by atoms with Crippen LogP contribution in [0.25, 0.3) is 5.76 Å². The van der Waals surface area contributed by atoms with Crippen LogP contribution in [0.15, 0.2) is 72.3 Å². The number of nitrogens with zero attached hydrogens (tertiary/aromatic N) is 1. The van der Waals surface area contributed by atoms with Crippen LogP contribution in [0.4, 0.5) is 14.5 Å². The Kier molecular flexibility index (Phi) is 5.48. The normalized spacial score (nSPS) is 17.6. The Morgan fingerprint density at radius 3 is 2.34 bits per heavy atom. The van der Waals surface area contributed by atoms with E-state index in [1.165, 1.54) is 7.11 Å². The average molecular weight is 435 g/mol. The highest BCUT2D eigenvalue weighted by Crippen LogP contribution is 2.43. The van der Waals surface area contributed by atoms with Gasteiger partial charge < -0.3 is 9.84 Å². The SMILES string of the molecule is COc1ccc(/C(O)=C2\C(=O)C(=O)N(c3ccc(F)cc3F)C2c2ccccc2)cc1C. The van der Waals surface area contributed by atoms with Gasteiger partial charge in [-0.05, 0) is 48.4 Å². The van der Waals surface area contributed by atoms with Crippen molar-refractivity contribution in [3.8, 4) is 5.75 Å². The van der Waals surface area contributed by atoms with Gasteiger partial charge >= 0.3 is 0 Å². The van der Waals surface area contributed by atoms with Crippen LogP contribution in [-0.2, 0) is 9.59 Å². The molecule has 0 spiro atoms. The van der Waals surface area contributed by atoms with E-state index in [0.717, 1.165) is 17.0 Å². The van der Waals surface area contributed by atoms with Gasteiger partial charge in [-0.2, -0.15) is 0 Å². The number of benzene rings is 3. The Hall–Kier alpha value is -4.00. The molecule has 1 saturated heterocycles. The lowest BCUT2D eigenvalue weighted by Gasteiger charge is -2.25. The van der Waals surface area contributed by atoms with Gasteiger partial charge in [-0.15, -0.1) is 0 Å². The van der Waals surface area contributed by atoms with Crippen molar-refractivity contribution in [2.45, 2.75) is 13.0 Å². The van der Waals surface area contributed by atoms with Gasteiger partial charge in [-0.1, -0.05) is 30.3 Å². The molecule has 1 heterocycles. The van der Waals surface area contributed by atoms with Crippen LogP contribution in [-0.4, -0.2) is 23.9 Å². The number of halogens is 2. The first kappa shape index (κ1) is 21.2. The van der Waals surface area contributed by atoms with Crippen molar-refractivity contribution in [3.05, 3.63) is 101 Å². The van der Waals surface area contributed by atoms with Gasteiger partial charge in [-0.3, -0.25) is 14.5 Å². The molecule has 3 aromatic rings. The summed E-state index contributed by atoms with van der Waals surface area (Å²) in [5, 5.41) is 11.1. The van der Waals surface area contributed by atoms with Crippen molar-refractivity contribution in [2.75, 3.05) is 12.0 Å². The maximum Gasteiger partial charge on any atom is 0.300 e. The summed E-state index contributed by atoms with van der Waals surface area (Å²) >= 11 is 0. The van der Waals surface area contributed by atoms with Crippen molar-refractivity contribution in [2.24, 2.45) is 0 Å². The molecule has 3 aromatic carbocycles. The molecule has 32 heavy (non-hydrogen) atoms. The molecule has 0 radical (unpaired) electrons. The molecule has 0 aromatic heterocycles. The van der Waals surface area contributed by atoms with Crippen LogP contribution < -0.4 is 9.64 Å². The predicted octanol–water partition coefficient (Wildman–Crippen LogP) is 4.91. The summed E-state index contributed by atoms with van der Waals surface area (Å²) in [5.74, 6) is -3.59. The largest absolute Gasteiger partial charge is 0.507 e. The van der Waals surface area contributed by atoms with Crippen LogP contribution in [0, 0.1) is 18.6 Å². The molecular weight excluding hydrogens is 416 g/mol. The first-order chi connectivity index (χ1) is 15.3. The van der Waals surface area contributed by atoms with Crippen LogP contribution in [0.2, 0.25) is 0 Å². The molecule has 0 aliphatic carbocycles. The van der Waals surface area contributed by atoms with E-state index >= 15 is 0 Å². The Morgan fingerprint density at radius 1 is 1.00 bits per heavy atom. The average Bonchev–Trinajstić information content (AvgIpc) is 3.04. The van der Waals surface area contributed by atoms with Gasteiger partial charge in [-0.25, -0.2) is 8.78 Å². The summed E-state index contributed by atoms with van der Waals surface area (Å²) in [5.41, 5.74) is 1.07. The van der Waals surface area contributed by atoms with Gasteiger partial charge in [0.1, 0.15) is 23.1 Å². The second-order valence-electron chi connectivity index (χ2n) is 7.36. The third kappa shape index (κ3) is 3.51. The van der Waals surface area contributed by atoms with Gasteiger partial charge in [0, 0.05) is 11.6 Å². The second-order valence-corrected chi connectivity index (χ2v) is 7.36. The van der Waals surface area contributed by atoms with Crippen LogP contribution in [0.3, 0.4) is 0 Å². The van der Waals surface area contributed by atoms with Gasteiger partial charge in [0.2, 0.25) is 0 Å². The minimum atomic E-state index is -1.10. The fourth-order valence-corrected chi connectivity index (χ4v) is 3.89. The zero-order valence-corrected chi connectivity index (χ0v) is 17.3. The van der Waals surface area contributed by atoms with Crippen LogP contribution in [0.5, 0.6) is 5.75 Å². The van der Waals surface area contributed by atoms with Crippen molar-refractivity contribution >= 4 is 23.1 Å². The molecule has 0 bridgehead atoms. The van der Waals surface area contributed by atoms with Crippen LogP contribution >= 0.6 is 0 Å². The zero-order valence-electron chi connectivity index (χ0n) is 17.3. The highest BCUT2D eigenvalue weighted by molar-refractivity contribution is 6.51. The number of carbonyl (C=O) groups excluding carboxylic acids is 2. The molecule has 1 unspecified atom stereocenters. The number of hydrogen-bond donors (Lipinski definition) is 1. The predicted molar refractivity (Wildman–Crippen MR) is 115 cm³/mol. The fraction of sp³-hybridized carbons (Fsp3) is 0.120. The van der Waals surface area contributed by atoms with Gasteiger partial charge in [0.05, 0.1) is 24.4 Å². The van der Waals surface area contributed by atoms with E-state index in [1.54, 1.807) is 55.5 Å². The first-order valence-corrected chi connectivity index (χ1v) is 9.79. The monoisotopic (exact) mass is 435 g/mol. The first-order valence-electron chi connectivity index (χ1n) is 9.79. The highest BCUT2D eigenvalue weighted by Gasteiger charge is 2.47. The topological polar surface area (TPSA) is 66.8 Å². The van der Waals surface area contributed by atoms with Crippen molar-refractivity contribution in [3.63, 3.8) is 0 Å². The molecule has 162 valence electrons. The van der Waals surface area contributed by atoms with Crippen LogP contribution in [0.1, 0.15) is 22.7 Å².